The molecule has 0 spiro atoms. The number of amides is 2. The number of halogens is 3. The van der Waals surface area contributed by atoms with Crippen molar-refractivity contribution in [1.82, 2.24) is 10.6 Å². The summed E-state index contributed by atoms with van der Waals surface area (Å²) in [7, 11) is 0. The van der Waals surface area contributed by atoms with Gasteiger partial charge < -0.3 is 25.2 Å². The third-order valence-corrected chi connectivity index (χ3v) is 4.93. The van der Waals surface area contributed by atoms with E-state index in [1.165, 1.54) is 18.2 Å². The Labute approximate surface area is 211 Å². The molecular weight excluding hydrogens is 489 g/mol. The van der Waals surface area contributed by atoms with Crippen molar-refractivity contribution < 1.29 is 37.3 Å². The number of aliphatic hydroxyl groups is 1. The highest BCUT2D eigenvalue weighted by atomic mass is 19.4. The Kier molecular flexibility index (Phi) is 9.68. The normalized spacial score (nSPS) is 11.5. The number of rotatable bonds is 11. The van der Waals surface area contributed by atoms with E-state index >= 15 is 0 Å². The number of hydrogen-bond acceptors (Lipinski definition) is 5. The second-order valence-electron chi connectivity index (χ2n) is 7.72. The van der Waals surface area contributed by atoms with Gasteiger partial charge in [-0.1, -0.05) is 42.5 Å². The molecule has 0 aliphatic rings. The first-order valence-electron chi connectivity index (χ1n) is 11.3. The maximum Gasteiger partial charge on any atom is 0.573 e. The van der Waals surface area contributed by atoms with Crippen molar-refractivity contribution in [2.45, 2.75) is 12.8 Å². The minimum absolute atomic E-state index is 0.0561. The summed E-state index contributed by atoms with van der Waals surface area (Å²) in [6.07, 6.45) is -2.81. The van der Waals surface area contributed by atoms with Crippen molar-refractivity contribution in [2.75, 3.05) is 19.8 Å². The lowest BCUT2D eigenvalue weighted by Crippen LogP contribution is -2.36. The van der Waals surface area contributed by atoms with E-state index in [2.05, 4.69) is 15.4 Å². The predicted octanol–water partition coefficient (Wildman–Crippen LogP) is 4.09. The average molecular weight is 515 g/mol. The topological polar surface area (TPSA) is 96.9 Å². The Morgan fingerprint density at radius 2 is 1.54 bits per heavy atom. The number of hydrogen-bond donors (Lipinski definition) is 3. The standard InChI is InChI=1S/C27H25F3N2O5/c28-27(29,30)37-23-10-6-20(7-11-23)18-24(26(35)31-15-16-33)32-25(34)21-8-12-22(13-9-21)36-17-14-19-4-2-1-3-5-19/h1-13,18,33H,14-17H2,(H,31,35)(H,32,34)/b24-18-. The van der Waals surface area contributed by atoms with E-state index in [9.17, 15) is 22.8 Å². The fourth-order valence-electron chi connectivity index (χ4n) is 3.18. The van der Waals surface area contributed by atoms with Crippen molar-refractivity contribution >= 4 is 17.9 Å². The van der Waals surface area contributed by atoms with Gasteiger partial charge in [0.1, 0.15) is 17.2 Å². The third kappa shape index (κ3) is 9.34. The molecule has 0 saturated heterocycles. The monoisotopic (exact) mass is 514 g/mol. The summed E-state index contributed by atoms with van der Waals surface area (Å²) >= 11 is 0. The second-order valence-corrected chi connectivity index (χ2v) is 7.72. The van der Waals surface area contributed by atoms with Gasteiger partial charge in [-0.2, -0.15) is 0 Å². The summed E-state index contributed by atoms with van der Waals surface area (Å²) in [6, 6.07) is 21.0. The molecule has 0 bridgehead atoms. The van der Waals surface area contributed by atoms with E-state index in [-0.39, 0.29) is 24.4 Å². The van der Waals surface area contributed by atoms with Crippen LogP contribution < -0.4 is 20.1 Å². The van der Waals surface area contributed by atoms with Crippen molar-refractivity contribution in [3.8, 4) is 11.5 Å². The van der Waals surface area contributed by atoms with E-state index in [1.54, 1.807) is 24.3 Å². The molecule has 3 aromatic carbocycles. The van der Waals surface area contributed by atoms with Crippen LogP contribution in [0.3, 0.4) is 0 Å². The van der Waals surface area contributed by atoms with Crippen LogP contribution in [0.5, 0.6) is 11.5 Å². The molecule has 0 radical (unpaired) electrons. The molecule has 37 heavy (non-hydrogen) atoms. The number of carbonyl (C=O) groups is 2. The SMILES string of the molecule is O=C(NCCO)/C(=C/c1ccc(OC(F)(F)F)cc1)NC(=O)c1ccc(OCCc2ccccc2)cc1. The molecule has 10 heteroatoms. The van der Waals surface area contributed by atoms with Gasteiger partial charge in [0.2, 0.25) is 0 Å². The predicted molar refractivity (Wildman–Crippen MR) is 131 cm³/mol. The first-order valence-corrected chi connectivity index (χ1v) is 11.3. The zero-order valence-corrected chi connectivity index (χ0v) is 19.6. The van der Waals surface area contributed by atoms with Crippen LogP contribution in [0.2, 0.25) is 0 Å². The quantitative estimate of drug-likeness (QED) is 0.335. The number of carbonyl (C=O) groups excluding carboxylic acids is 2. The summed E-state index contributed by atoms with van der Waals surface area (Å²) in [4.78, 5) is 25.3. The minimum atomic E-state index is -4.83. The molecule has 3 N–H and O–H groups in total. The Hall–Kier alpha value is -4.31. The molecule has 0 saturated carbocycles. The molecule has 3 rings (SSSR count). The largest absolute Gasteiger partial charge is 0.573 e. The number of benzene rings is 3. The number of aliphatic hydroxyl groups excluding tert-OH is 1. The molecule has 0 unspecified atom stereocenters. The molecule has 0 aliphatic carbocycles. The van der Waals surface area contributed by atoms with E-state index in [4.69, 9.17) is 9.84 Å². The van der Waals surface area contributed by atoms with Crippen LogP contribution in [-0.2, 0) is 11.2 Å². The smallest absolute Gasteiger partial charge is 0.493 e. The van der Waals surface area contributed by atoms with Gasteiger partial charge in [-0.05, 0) is 53.6 Å². The van der Waals surface area contributed by atoms with Gasteiger partial charge >= 0.3 is 6.36 Å². The number of nitrogens with one attached hydrogen (secondary N) is 2. The summed E-state index contributed by atoms with van der Waals surface area (Å²) in [5.74, 6) is -1.12. The van der Waals surface area contributed by atoms with Gasteiger partial charge in [0, 0.05) is 18.5 Å². The fourth-order valence-corrected chi connectivity index (χ4v) is 3.18. The highest BCUT2D eigenvalue weighted by molar-refractivity contribution is 6.05. The lowest BCUT2D eigenvalue weighted by molar-refractivity contribution is -0.274. The third-order valence-electron chi connectivity index (χ3n) is 4.93. The van der Waals surface area contributed by atoms with Crippen LogP contribution in [0.25, 0.3) is 6.08 Å². The van der Waals surface area contributed by atoms with Gasteiger partial charge in [-0.25, -0.2) is 0 Å². The Balaban J connectivity index is 1.66. The first kappa shape index (κ1) is 27.3. The number of alkyl halides is 3. The van der Waals surface area contributed by atoms with Crippen LogP contribution in [0.4, 0.5) is 13.2 Å². The summed E-state index contributed by atoms with van der Waals surface area (Å²) < 4.78 is 46.7. The summed E-state index contributed by atoms with van der Waals surface area (Å²) in [6.45, 7) is 0.0852. The Morgan fingerprint density at radius 3 is 2.16 bits per heavy atom. The summed E-state index contributed by atoms with van der Waals surface area (Å²) in [5.41, 5.74) is 1.57. The highest BCUT2D eigenvalue weighted by Gasteiger charge is 2.30. The molecule has 7 nitrogen and oxygen atoms in total. The molecular formula is C27H25F3N2O5. The lowest BCUT2D eigenvalue weighted by atomic mass is 10.1. The van der Waals surface area contributed by atoms with Gasteiger partial charge in [-0.15, -0.1) is 13.2 Å². The van der Waals surface area contributed by atoms with Crippen molar-refractivity contribution in [1.29, 1.82) is 0 Å². The van der Waals surface area contributed by atoms with E-state index in [1.807, 2.05) is 30.3 Å². The van der Waals surface area contributed by atoms with Crippen LogP contribution in [0.1, 0.15) is 21.5 Å². The average Bonchev–Trinajstić information content (AvgIpc) is 2.88. The van der Waals surface area contributed by atoms with Gasteiger partial charge in [-0.3, -0.25) is 9.59 Å². The maximum atomic E-state index is 12.8. The van der Waals surface area contributed by atoms with Crippen LogP contribution in [0.15, 0.2) is 84.6 Å². The van der Waals surface area contributed by atoms with Crippen molar-refractivity contribution in [2.24, 2.45) is 0 Å². The molecule has 3 aromatic rings. The molecule has 0 aromatic heterocycles. The van der Waals surface area contributed by atoms with E-state index in [0.717, 1.165) is 24.1 Å². The van der Waals surface area contributed by atoms with Gasteiger partial charge in [0.15, 0.2) is 0 Å². The van der Waals surface area contributed by atoms with Gasteiger partial charge in [0.25, 0.3) is 11.8 Å². The first-order chi connectivity index (χ1) is 17.7. The van der Waals surface area contributed by atoms with E-state index < -0.39 is 23.9 Å². The van der Waals surface area contributed by atoms with Crippen LogP contribution >= 0.6 is 0 Å². The van der Waals surface area contributed by atoms with E-state index in [0.29, 0.717) is 17.9 Å². The molecule has 0 atom stereocenters. The van der Waals surface area contributed by atoms with Gasteiger partial charge in [0.05, 0.1) is 13.2 Å². The fraction of sp³-hybridized carbons (Fsp3) is 0.185. The zero-order valence-electron chi connectivity index (χ0n) is 19.6. The minimum Gasteiger partial charge on any atom is -0.493 e. The maximum absolute atomic E-state index is 12.8. The van der Waals surface area contributed by atoms with Crippen molar-refractivity contribution in [3.05, 3.63) is 101 Å². The lowest BCUT2D eigenvalue weighted by Gasteiger charge is -2.12. The van der Waals surface area contributed by atoms with Crippen molar-refractivity contribution in [3.63, 3.8) is 0 Å². The molecule has 194 valence electrons. The molecule has 0 fully saturated rings. The van der Waals surface area contributed by atoms with Crippen LogP contribution in [-0.4, -0.2) is 43.0 Å². The molecule has 0 aliphatic heterocycles. The molecule has 2 amide bonds. The second kappa shape index (κ2) is 13.1. The Bertz CT molecular complexity index is 1200. The Morgan fingerprint density at radius 1 is 0.892 bits per heavy atom. The zero-order chi connectivity index (χ0) is 26.7. The number of ether oxygens (including phenoxy) is 2. The summed E-state index contributed by atoms with van der Waals surface area (Å²) in [5, 5.41) is 13.9. The van der Waals surface area contributed by atoms with Crippen LogP contribution in [0, 0.1) is 0 Å². The highest BCUT2D eigenvalue weighted by Crippen LogP contribution is 2.23. The molecule has 0 heterocycles.